The van der Waals surface area contributed by atoms with Crippen molar-refractivity contribution in [3.63, 3.8) is 0 Å². The number of ketones is 1. The Labute approximate surface area is 165 Å². The van der Waals surface area contributed by atoms with Crippen LogP contribution in [0.25, 0.3) is 0 Å². The molecule has 1 atom stereocenters. The number of methoxy groups -OCH3 is 2. The zero-order valence-electron chi connectivity index (χ0n) is 15.1. The van der Waals surface area contributed by atoms with Gasteiger partial charge in [0.25, 0.3) is 0 Å². The third-order valence-electron chi connectivity index (χ3n) is 3.93. The van der Waals surface area contributed by atoms with Crippen LogP contribution >= 0.6 is 0 Å². The molecule has 0 fully saturated rings. The van der Waals surface area contributed by atoms with Crippen LogP contribution in [0.15, 0.2) is 12.1 Å². The molecule has 140 valence electrons. The molecule has 7 heteroatoms. The summed E-state index contributed by atoms with van der Waals surface area (Å²) in [5, 5.41) is 0. The summed E-state index contributed by atoms with van der Waals surface area (Å²) >= 11 is 0. The summed E-state index contributed by atoms with van der Waals surface area (Å²) < 4.78 is 33.2. The maximum absolute atomic E-state index is 11.2. The molecule has 0 spiro atoms. The molecule has 0 N–H and O–H groups in total. The van der Waals surface area contributed by atoms with Crippen LogP contribution in [-0.4, -0.2) is 20.0 Å². The molecule has 1 aliphatic carbocycles. The second kappa shape index (κ2) is 18.0. The fourth-order valence-corrected chi connectivity index (χ4v) is 2.91. The van der Waals surface area contributed by atoms with Gasteiger partial charge in [0.1, 0.15) is 5.78 Å². The van der Waals surface area contributed by atoms with E-state index in [1.54, 1.807) is 21.1 Å². The van der Waals surface area contributed by atoms with Crippen LogP contribution in [-0.2, 0) is 42.5 Å². The standard InChI is InChI=1S/C16H22O3.3CO.Cr/c1-11(17)7-8-12-5-4-6-13-9-15(18-2)16(19-3)10-14(12)13;3*1-2;/h9-10,12H,4-8H2,1-3H3;;;;. The van der Waals surface area contributed by atoms with Crippen LogP contribution in [0.1, 0.15) is 49.7 Å². The molecule has 2 rings (SSSR count). The van der Waals surface area contributed by atoms with Gasteiger partial charge in [-0.3, -0.25) is 0 Å². The second-order valence-electron chi connectivity index (χ2n) is 5.24. The normalized spacial score (nSPS) is 13.2. The van der Waals surface area contributed by atoms with E-state index in [-0.39, 0.29) is 23.1 Å². The Morgan fingerprint density at radius 3 is 2.04 bits per heavy atom. The van der Waals surface area contributed by atoms with Crippen LogP contribution in [0, 0.1) is 20.0 Å². The average molecular weight is 398 g/mol. The van der Waals surface area contributed by atoms with Crippen LogP contribution in [0.4, 0.5) is 0 Å². The molecule has 0 aliphatic heterocycles. The van der Waals surface area contributed by atoms with Crippen molar-refractivity contribution in [2.75, 3.05) is 14.2 Å². The van der Waals surface area contributed by atoms with E-state index in [1.807, 2.05) is 0 Å². The Morgan fingerprint density at radius 1 is 1.08 bits per heavy atom. The molecule has 1 aromatic carbocycles. The fourth-order valence-electron chi connectivity index (χ4n) is 2.91. The summed E-state index contributed by atoms with van der Waals surface area (Å²) in [6, 6.07) is 4.19. The van der Waals surface area contributed by atoms with Crippen molar-refractivity contribution in [3.05, 3.63) is 43.2 Å². The molecule has 0 saturated carbocycles. The van der Waals surface area contributed by atoms with Crippen molar-refractivity contribution < 1.29 is 45.6 Å². The van der Waals surface area contributed by atoms with Gasteiger partial charge in [0.15, 0.2) is 11.5 Å². The van der Waals surface area contributed by atoms with Crippen LogP contribution in [0.5, 0.6) is 11.5 Å². The maximum atomic E-state index is 11.2. The molecule has 0 bridgehead atoms. The van der Waals surface area contributed by atoms with Gasteiger partial charge in [-0.2, -0.15) is 0 Å². The fraction of sp³-hybridized carbons (Fsp3) is 0.474. The number of fused-ring (bicyclic) bond motifs is 1. The average Bonchev–Trinajstić information content (AvgIpc) is 2.69. The zero-order valence-corrected chi connectivity index (χ0v) is 16.4. The minimum atomic E-state index is 0. The van der Waals surface area contributed by atoms with Crippen molar-refractivity contribution in [1.29, 1.82) is 0 Å². The largest absolute Gasteiger partial charge is 0 e. The van der Waals surface area contributed by atoms with Gasteiger partial charge in [-0.25, -0.2) is 0 Å². The SMILES string of the molecule is COc1cc2c(cc1OC)C(CCC(C)=O)CCC2.[C-]#[O+].[C-]#[O+].[C-]#[O+].[Cr]. The van der Waals surface area contributed by atoms with Gasteiger partial charge in [-0.05, 0) is 61.8 Å². The number of rotatable bonds is 5. The van der Waals surface area contributed by atoms with Crippen molar-refractivity contribution in [2.24, 2.45) is 0 Å². The Balaban J connectivity index is -0.000000686. The summed E-state index contributed by atoms with van der Waals surface area (Å²) in [6.45, 7) is 15.2. The number of hydrogen-bond donors (Lipinski definition) is 0. The Hall–Kier alpha value is -1.76. The molecule has 0 aromatic heterocycles. The number of benzene rings is 1. The number of aryl methyl sites for hydroxylation is 1. The van der Waals surface area contributed by atoms with E-state index in [9.17, 15) is 4.79 Å². The molecule has 1 unspecified atom stereocenters. The monoisotopic (exact) mass is 398 g/mol. The van der Waals surface area contributed by atoms with E-state index in [1.165, 1.54) is 17.5 Å². The quantitative estimate of drug-likeness (QED) is 0.562. The molecule has 0 heterocycles. The molecule has 26 heavy (non-hydrogen) atoms. The van der Waals surface area contributed by atoms with Crippen molar-refractivity contribution >= 4 is 5.78 Å². The van der Waals surface area contributed by atoms with E-state index >= 15 is 0 Å². The third-order valence-corrected chi connectivity index (χ3v) is 3.93. The van der Waals surface area contributed by atoms with Gasteiger partial charge >= 0.3 is 33.9 Å². The maximum Gasteiger partial charge on any atom is 0 e. The van der Waals surface area contributed by atoms with Gasteiger partial charge in [-0.15, -0.1) is 0 Å². The molecule has 6 nitrogen and oxygen atoms in total. The predicted octanol–water partition coefficient (Wildman–Crippen LogP) is 3.38. The predicted molar refractivity (Wildman–Crippen MR) is 86.9 cm³/mol. The first-order valence-corrected chi connectivity index (χ1v) is 7.51. The Bertz CT molecular complexity index is 577. The molecule has 0 radical (unpaired) electrons. The number of carbonyl (C=O) groups is 1. The van der Waals surface area contributed by atoms with Crippen molar-refractivity contribution in [1.82, 2.24) is 0 Å². The van der Waals surface area contributed by atoms with Gasteiger partial charge in [0.2, 0.25) is 0 Å². The number of carbonyl (C=O) groups excluding carboxylic acids is 1. The molecule has 0 amide bonds. The van der Waals surface area contributed by atoms with E-state index in [0.29, 0.717) is 12.3 Å². The number of ether oxygens (including phenoxy) is 2. The Morgan fingerprint density at radius 2 is 1.58 bits per heavy atom. The third kappa shape index (κ3) is 9.08. The van der Waals surface area contributed by atoms with Crippen LogP contribution in [0.2, 0.25) is 0 Å². The minimum absolute atomic E-state index is 0. The molecule has 1 aliphatic rings. The second-order valence-corrected chi connectivity index (χ2v) is 5.24. The van der Waals surface area contributed by atoms with Crippen LogP contribution < -0.4 is 9.47 Å². The first-order valence-electron chi connectivity index (χ1n) is 7.51. The summed E-state index contributed by atoms with van der Waals surface area (Å²) in [4.78, 5) is 11.2. The summed E-state index contributed by atoms with van der Waals surface area (Å²) in [7, 11) is 3.33. The van der Waals surface area contributed by atoms with Gasteiger partial charge in [0.05, 0.1) is 14.2 Å². The summed E-state index contributed by atoms with van der Waals surface area (Å²) in [6.07, 6.45) is 5.04. The van der Waals surface area contributed by atoms with Crippen LogP contribution in [0.3, 0.4) is 0 Å². The van der Waals surface area contributed by atoms with Gasteiger partial charge in [-0.1, -0.05) is 0 Å². The first-order chi connectivity index (χ1) is 12.2. The van der Waals surface area contributed by atoms with E-state index in [4.69, 9.17) is 23.4 Å². The molecule has 1 aromatic rings. The number of Topliss-reactive ketones (excluding diaryl/α,β-unsaturated/α-hetero) is 1. The van der Waals surface area contributed by atoms with Gasteiger partial charge in [0, 0.05) is 23.8 Å². The molecule has 0 saturated heterocycles. The molecular weight excluding hydrogens is 376 g/mol. The summed E-state index contributed by atoms with van der Waals surface area (Å²) in [5.41, 5.74) is 2.68. The smallest absolute Gasteiger partial charge is 0 e. The van der Waals surface area contributed by atoms with E-state index < -0.39 is 0 Å². The topological polar surface area (TPSA) is 95.2 Å². The van der Waals surface area contributed by atoms with E-state index in [0.717, 1.165) is 30.8 Å². The molecular formula is C19H22CrO6. The van der Waals surface area contributed by atoms with Crippen molar-refractivity contribution in [3.8, 4) is 11.5 Å². The zero-order chi connectivity index (χ0) is 19.8. The number of hydrogen-bond acceptors (Lipinski definition) is 3. The first kappa shape index (κ1) is 29.0. The van der Waals surface area contributed by atoms with Crippen molar-refractivity contribution in [2.45, 2.75) is 44.9 Å². The summed E-state index contributed by atoms with van der Waals surface area (Å²) in [5.74, 6) is 2.34. The van der Waals surface area contributed by atoms with E-state index in [2.05, 4.69) is 32.1 Å². The van der Waals surface area contributed by atoms with Gasteiger partial charge < -0.3 is 14.3 Å². The minimum Gasteiger partial charge on any atom is 0 e. The Kier molecular flexibility index (Phi) is 20.1.